The number of aryl methyl sites for hydroxylation is 3. The van der Waals surface area contributed by atoms with E-state index in [9.17, 15) is 18.0 Å². The summed E-state index contributed by atoms with van der Waals surface area (Å²) in [6.07, 6.45) is 0. The third-order valence-corrected chi connectivity index (χ3v) is 6.72. The third-order valence-electron chi connectivity index (χ3n) is 5.33. The zero-order valence-electron chi connectivity index (χ0n) is 19.2. The molecule has 0 spiro atoms. The molecular weight excluding hydrogens is 442 g/mol. The van der Waals surface area contributed by atoms with Crippen molar-refractivity contribution in [2.45, 2.75) is 39.5 Å². The number of rotatable bonds is 7. The molecule has 0 bridgehead atoms. The van der Waals surface area contributed by atoms with Gasteiger partial charge in [0.2, 0.25) is 0 Å². The molecule has 3 aromatic rings. The lowest BCUT2D eigenvalue weighted by Crippen LogP contribution is -2.15. The Kier molecular flexibility index (Phi) is 6.92. The highest BCUT2D eigenvalue weighted by atomic mass is 32.2. The van der Waals surface area contributed by atoms with Crippen LogP contribution in [-0.2, 0) is 14.8 Å². The Morgan fingerprint density at radius 2 is 1.58 bits per heavy atom. The summed E-state index contributed by atoms with van der Waals surface area (Å²) in [6, 6.07) is 11.2. The molecule has 0 radical (unpaired) electrons. The van der Waals surface area contributed by atoms with Gasteiger partial charge in [0.25, 0.3) is 15.9 Å². The van der Waals surface area contributed by atoms with Gasteiger partial charge < -0.3 is 15.0 Å². The summed E-state index contributed by atoms with van der Waals surface area (Å²) >= 11 is 0. The number of amides is 1. The second kappa shape index (κ2) is 9.50. The van der Waals surface area contributed by atoms with Gasteiger partial charge in [-0.15, -0.1) is 0 Å². The van der Waals surface area contributed by atoms with Crippen molar-refractivity contribution in [1.29, 1.82) is 0 Å². The average Bonchev–Trinajstić information content (AvgIpc) is 3.05. The number of H-pyrrole nitrogens is 1. The maximum atomic E-state index is 12.7. The number of hydrogen-bond donors (Lipinski definition) is 3. The van der Waals surface area contributed by atoms with E-state index < -0.39 is 21.9 Å². The predicted molar refractivity (Wildman–Crippen MR) is 127 cm³/mol. The molecule has 2 aromatic carbocycles. The first-order chi connectivity index (χ1) is 15.5. The van der Waals surface area contributed by atoms with Crippen molar-refractivity contribution in [2.24, 2.45) is 0 Å². The number of esters is 1. The Balaban J connectivity index is 1.75. The molecule has 3 N–H and O–H groups in total. The first kappa shape index (κ1) is 24.1. The Morgan fingerprint density at radius 1 is 0.939 bits per heavy atom. The van der Waals surface area contributed by atoms with Gasteiger partial charge in [0, 0.05) is 17.1 Å². The second-order valence-electron chi connectivity index (χ2n) is 7.73. The van der Waals surface area contributed by atoms with Crippen molar-refractivity contribution in [3.63, 3.8) is 0 Å². The topological polar surface area (TPSA) is 117 Å². The van der Waals surface area contributed by atoms with Crippen LogP contribution in [-0.4, -0.2) is 31.9 Å². The van der Waals surface area contributed by atoms with E-state index >= 15 is 0 Å². The van der Waals surface area contributed by atoms with Gasteiger partial charge >= 0.3 is 5.97 Å². The van der Waals surface area contributed by atoms with Gasteiger partial charge in [-0.05, 0) is 87.7 Å². The highest BCUT2D eigenvalue weighted by Crippen LogP contribution is 2.23. The molecular formula is C24H27N3O5S. The second-order valence-corrected chi connectivity index (χ2v) is 9.41. The highest BCUT2D eigenvalue weighted by Gasteiger charge is 2.23. The Morgan fingerprint density at radius 3 is 2.18 bits per heavy atom. The van der Waals surface area contributed by atoms with E-state index in [0.29, 0.717) is 28.2 Å². The lowest BCUT2D eigenvalue weighted by Gasteiger charge is -2.11. The highest BCUT2D eigenvalue weighted by molar-refractivity contribution is 7.92. The van der Waals surface area contributed by atoms with E-state index in [2.05, 4.69) is 15.0 Å². The van der Waals surface area contributed by atoms with Crippen molar-refractivity contribution in [1.82, 2.24) is 4.98 Å². The molecule has 0 aliphatic carbocycles. The molecule has 8 nitrogen and oxygen atoms in total. The van der Waals surface area contributed by atoms with Crippen molar-refractivity contribution in [3.8, 4) is 0 Å². The number of aromatic nitrogens is 1. The standard InChI is InChI=1S/C24H27N3O5S/c1-6-32-24(29)21-16(4)22(25-17(21)5)23(28)26-18-9-11-20(12-10-18)33(30,31)27-19-8-7-14(2)15(3)13-19/h7-13,25,27H,6H2,1-5H3,(H,26,28). The molecule has 1 aromatic heterocycles. The maximum absolute atomic E-state index is 12.7. The summed E-state index contributed by atoms with van der Waals surface area (Å²) in [6.45, 7) is 9.17. The summed E-state index contributed by atoms with van der Waals surface area (Å²) < 4.78 is 33.0. The van der Waals surface area contributed by atoms with Gasteiger partial charge in [0.1, 0.15) is 5.69 Å². The molecule has 1 amide bonds. The van der Waals surface area contributed by atoms with Crippen LogP contribution in [0.25, 0.3) is 0 Å². The first-order valence-corrected chi connectivity index (χ1v) is 11.9. The molecule has 9 heteroatoms. The van der Waals surface area contributed by atoms with Crippen molar-refractivity contribution in [2.75, 3.05) is 16.6 Å². The van der Waals surface area contributed by atoms with E-state index in [4.69, 9.17) is 4.74 Å². The quantitative estimate of drug-likeness (QED) is 0.441. The summed E-state index contributed by atoms with van der Waals surface area (Å²) in [5.41, 5.74) is 4.54. The molecule has 0 aliphatic rings. The molecule has 0 saturated heterocycles. The summed E-state index contributed by atoms with van der Waals surface area (Å²) in [7, 11) is -3.78. The molecule has 3 rings (SSSR count). The van der Waals surface area contributed by atoms with Crippen molar-refractivity contribution in [3.05, 3.63) is 76.1 Å². The first-order valence-electron chi connectivity index (χ1n) is 10.4. The molecule has 0 atom stereocenters. The van der Waals surface area contributed by atoms with E-state index in [1.54, 1.807) is 32.9 Å². The molecule has 1 heterocycles. The van der Waals surface area contributed by atoms with Gasteiger partial charge in [-0.1, -0.05) is 6.07 Å². The smallest absolute Gasteiger partial charge is 0.340 e. The predicted octanol–water partition coefficient (Wildman–Crippen LogP) is 4.48. The van der Waals surface area contributed by atoms with Gasteiger partial charge in [-0.3, -0.25) is 9.52 Å². The summed E-state index contributed by atoms with van der Waals surface area (Å²) in [5.74, 6) is -0.941. The number of nitrogens with one attached hydrogen (secondary N) is 3. The van der Waals surface area contributed by atoms with E-state index in [0.717, 1.165) is 11.1 Å². The molecule has 0 saturated carbocycles. The number of anilines is 2. The molecule has 0 unspecified atom stereocenters. The van der Waals surface area contributed by atoms with Crippen LogP contribution < -0.4 is 10.0 Å². The minimum atomic E-state index is -3.78. The molecule has 33 heavy (non-hydrogen) atoms. The number of ether oxygens (including phenoxy) is 1. The zero-order chi connectivity index (χ0) is 24.3. The Labute approximate surface area is 193 Å². The van der Waals surface area contributed by atoms with Gasteiger partial charge in [0.15, 0.2) is 0 Å². The van der Waals surface area contributed by atoms with Crippen LogP contribution >= 0.6 is 0 Å². The van der Waals surface area contributed by atoms with Gasteiger partial charge in [-0.25, -0.2) is 13.2 Å². The van der Waals surface area contributed by atoms with Crippen LogP contribution in [0.1, 0.15) is 50.2 Å². The maximum Gasteiger partial charge on any atom is 0.340 e. The van der Waals surface area contributed by atoms with Crippen LogP contribution in [0.4, 0.5) is 11.4 Å². The van der Waals surface area contributed by atoms with E-state index in [1.165, 1.54) is 24.3 Å². The lowest BCUT2D eigenvalue weighted by molar-refractivity contribution is 0.0525. The van der Waals surface area contributed by atoms with Crippen LogP contribution in [0, 0.1) is 27.7 Å². The largest absolute Gasteiger partial charge is 0.462 e. The number of benzene rings is 2. The van der Waals surface area contributed by atoms with E-state index in [1.807, 2.05) is 19.9 Å². The minimum absolute atomic E-state index is 0.0650. The summed E-state index contributed by atoms with van der Waals surface area (Å²) in [4.78, 5) is 27.9. The van der Waals surface area contributed by atoms with E-state index in [-0.39, 0.29) is 17.2 Å². The number of carbonyl (C=O) groups is 2. The normalized spacial score (nSPS) is 11.2. The number of hydrogen-bond acceptors (Lipinski definition) is 5. The van der Waals surface area contributed by atoms with Crippen molar-refractivity contribution >= 4 is 33.3 Å². The summed E-state index contributed by atoms with van der Waals surface area (Å²) in [5, 5.41) is 2.72. The van der Waals surface area contributed by atoms with Crippen LogP contribution in [0.2, 0.25) is 0 Å². The fourth-order valence-electron chi connectivity index (χ4n) is 3.42. The third kappa shape index (κ3) is 5.25. The minimum Gasteiger partial charge on any atom is -0.462 e. The number of sulfonamides is 1. The van der Waals surface area contributed by atoms with Crippen LogP contribution in [0.15, 0.2) is 47.4 Å². The van der Waals surface area contributed by atoms with Crippen molar-refractivity contribution < 1.29 is 22.7 Å². The lowest BCUT2D eigenvalue weighted by atomic mass is 10.1. The molecule has 0 aliphatic heterocycles. The SMILES string of the molecule is CCOC(=O)c1c(C)[nH]c(C(=O)Nc2ccc(S(=O)(=O)Nc3ccc(C)c(C)c3)cc2)c1C. The fourth-order valence-corrected chi connectivity index (χ4v) is 4.47. The fraction of sp³-hybridized carbons (Fsp3) is 0.250. The number of carbonyl (C=O) groups excluding carboxylic acids is 2. The van der Waals surface area contributed by atoms with Gasteiger partial charge in [0.05, 0.1) is 17.1 Å². The molecule has 174 valence electrons. The number of aromatic amines is 1. The Bertz CT molecular complexity index is 1310. The monoisotopic (exact) mass is 469 g/mol. The molecule has 0 fully saturated rings. The average molecular weight is 470 g/mol. The van der Waals surface area contributed by atoms with Gasteiger partial charge in [-0.2, -0.15) is 0 Å². The zero-order valence-corrected chi connectivity index (χ0v) is 20.0. The van der Waals surface area contributed by atoms with Crippen LogP contribution in [0.5, 0.6) is 0 Å². The van der Waals surface area contributed by atoms with Crippen LogP contribution in [0.3, 0.4) is 0 Å². The Hall–Kier alpha value is -3.59.